The number of hydrogen-bond donors (Lipinski definition) is 0. The zero-order valence-corrected chi connectivity index (χ0v) is 17.9. The molecular weight excluding hydrogens is 559 g/mol. The van der Waals surface area contributed by atoms with Crippen LogP contribution in [0.4, 0.5) is 0 Å². The molecule has 2 rings (SSSR count). The second-order valence-corrected chi connectivity index (χ2v) is 41.4. The fourth-order valence-corrected chi connectivity index (χ4v) is 27.8. The first-order valence-electron chi connectivity index (χ1n) is 6.54. The predicted molar refractivity (Wildman–Crippen MR) is 85.9 cm³/mol. The summed E-state index contributed by atoms with van der Waals surface area (Å²) in [6.45, 7) is 0. The summed E-state index contributed by atoms with van der Waals surface area (Å²) in [5, 5.41) is 0. The summed E-state index contributed by atoms with van der Waals surface area (Å²) in [7, 11) is 0. The van der Waals surface area contributed by atoms with Gasteiger partial charge in [0.1, 0.15) is 0 Å². The van der Waals surface area contributed by atoms with Crippen molar-refractivity contribution in [2.24, 2.45) is 0 Å². The average molecular weight is 583 g/mol. The molecule has 0 bridgehead atoms. The van der Waals surface area contributed by atoms with Crippen LogP contribution in [-0.2, 0) is 0 Å². The van der Waals surface area contributed by atoms with Gasteiger partial charge in [0.15, 0.2) is 0 Å². The summed E-state index contributed by atoms with van der Waals surface area (Å²) in [4.78, 5) is 0. The van der Waals surface area contributed by atoms with E-state index in [1.54, 1.807) is 39.7 Å². The average Bonchev–Trinajstić information content (AvgIpc) is 2.84. The zero-order valence-electron chi connectivity index (χ0n) is 10.1. The van der Waals surface area contributed by atoms with Crippen molar-refractivity contribution in [1.82, 2.24) is 0 Å². The summed E-state index contributed by atoms with van der Waals surface area (Å²) in [6, 6.07) is 0. The van der Waals surface area contributed by atoms with E-state index < -0.39 is 31.9 Å². The Balaban J connectivity index is 1.61. The van der Waals surface area contributed by atoms with Gasteiger partial charge in [0.05, 0.1) is 0 Å². The van der Waals surface area contributed by atoms with Gasteiger partial charge < -0.3 is 0 Å². The quantitative estimate of drug-likeness (QED) is 0.274. The number of unbranched alkanes of at least 4 members (excludes halogenated alkanes) is 1. The van der Waals surface area contributed by atoms with E-state index in [2.05, 4.69) is 25.5 Å². The van der Waals surface area contributed by atoms with Gasteiger partial charge in [-0.3, -0.25) is 0 Å². The number of halogens is 2. The summed E-state index contributed by atoms with van der Waals surface area (Å²) in [6.07, 6.45) is 9.23. The van der Waals surface area contributed by atoms with Crippen molar-refractivity contribution >= 4 is 57.5 Å². The van der Waals surface area contributed by atoms with E-state index in [1.807, 2.05) is 0 Å². The molecule has 0 aromatic carbocycles. The second kappa shape index (κ2) is 6.81. The fourth-order valence-electron chi connectivity index (χ4n) is 2.78. The third kappa shape index (κ3) is 4.58. The molecule has 2 aliphatic rings. The molecule has 4 heteroatoms. The fraction of sp³-hybridized carbons (Fsp3) is 1.00. The van der Waals surface area contributed by atoms with E-state index in [9.17, 15) is 0 Å². The normalized spacial score (nSPS) is 31.4. The molecule has 0 unspecified atom stereocenters. The summed E-state index contributed by atoms with van der Waals surface area (Å²) < 4.78 is 9.70. The Morgan fingerprint density at radius 1 is 0.625 bits per heavy atom. The molecule has 16 heavy (non-hydrogen) atoms. The molecule has 0 amide bonds. The standard InChI is InChI=1S/C12H24Br2Te2/c13-15(7-1-2-8-15)11-5-6-12-16(14)9-3-4-10-16/h1-12H2. The Kier molecular flexibility index (Phi) is 6.36. The van der Waals surface area contributed by atoms with E-state index in [0.717, 1.165) is 0 Å². The maximum atomic E-state index is 4.17. The van der Waals surface area contributed by atoms with Crippen molar-refractivity contribution in [1.29, 1.82) is 0 Å². The van der Waals surface area contributed by atoms with E-state index in [4.69, 9.17) is 0 Å². The molecule has 0 atom stereocenters. The van der Waals surface area contributed by atoms with Crippen LogP contribution in [0.5, 0.6) is 0 Å². The van der Waals surface area contributed by atoms with Crippen LogP contribution in [-0.4, -0.2) is 31.9 Å². The van der Waals surface area contributed by atoms with Crippen molar-refractivity contribution in [3.8, 4) is 0 Å². The van der Waals surface area contributed by atoms with Crippen molar-refractivity contribution in [3.63, 3.8) is 0 Å². The van der Waals surface area contributed by atoms with Gasteiger partial charge in [-0.2, -0.15) is 0 Å². The van der Waals surface area contributed by atoms with Crippen LogP contribution in [0.3, 0.4) is 0 Å². The minimum atomic E-state index is -1.39. The van der Waals surface area contributed by atoms with E-state index in [0.29, 0.717) is 0 Å². The van der Waals surface area contributed by atoms with Gasteiger partial charge >= 0.3 is 123 Å². The third-order valence-corrected chi connectivity index (χ3v) is 34.3. The molecule has 0 radical (unpaired) electrons. The van der Waals surface area contributed by atoms with E-state index in [1.165, 1.54) is 25.7 Å². The Morgan fingerprint density at radius 3 is 1.25 bits per heavy atom. The van der Waals surface area contributed by atoms with Gasteiger partial charge in [0.25, 0.3) is 0 Å². The SMILES string of the molecule is Br[Te]1(CCCC[Te]2(Br)CCCC2)CCCC1. The monoisotopic (exact) mass is 586 g/mol. The number of rotatable bonds is 5. The molecule has 2 fully saturated rings. The van der Waals surface area contributed by atoms with Gasteiger partial charge in [-0.05, 0) is 0 Å². The van der Waals surface area contributed by atoms with Crippen LogP contribution >= 0.6 is 25.5 Å². The van der Waals surface area contributed by atoms with Crippen molar-refractivity contribution in [2.75, 3.05) is 0 Å². The van der Waals surface area contributed by atoms with Crippen LogP contribution in [0.2, 0.25) is 26.8 Å². The minimum absolute atomic E-state index is 1.39. The molecule has 0 N–H and O–H groups in total. The van der Waals surface area contributed by atoms with Gasteiger partial charge in [-0.15, -0.1) is 0 Å². The summed E-state index contributed by atoms with van der Waals surface area (Å²) >= 11 is 5.55. The van der Waals surface area contributed by atoms with Crippen LogP contribution in [0.15, 0.2) is 0 Å². The Labute approximate surface area is 121 Å². The molecule has 0 aromatic heterocycles. The van der Waals surface area contributed by atoms with Gasteiger partial charge in [0, 0.05) is 0 Å². The topological polar surface area (TPSA) is 0 Å². The molecule has 0 spiro atoms. The third-order valence-electron chi connectivity index (χ3n) is 3.81. The van der Waals surface area contributed by atoms with E-state index >= 15 is 0 Å². The van der Waals surface area contributed by atoms with Crippen molar-refractivity contribution in [3.05, 3.63) is 0 Å². The van der Waals surface area contributed by atoms with Gasteiger partial charge in [0.2, 0.25) is 0 Å². The van der Waals surface area contributed by atoms with Crippen molar-refractivity contribution in [2.45, 2.75) is 65.3 Å². The molecule has 0 saturated carbocycles. The first-order valence-corrected chi connectivity index (χ1v) is 26.9. The molecule has 0 nitrogen and oxygen atoms in total. The Hall–Kier alpha value is 2.54. The van der Waals surface area contributed by atoms with Crippen LogP contribution in [0, 0.1) is 0 Å². The molecular formula is C12H24Br2Te2. The first kappa shape index (κ1) is 14.9. The van der Waals surface area contributed by atoms with Crippen LogP contribution in [0.1, 0.15) is 38.5 Å². The van der Waals surface area contributed by atoms with Gasteiger partial charge in [-0.1, -0.05) is 0 Å². The number of hydrogen-bond acceptors (Lipinski definition) is 0. The molecule has 2 heterocycles. The predicted octanol–water partition coefficient (Wildman–Crippen LogP) is 6.04. The molecule has 2 saturated heterocycles. The van der Waals surface area contributed by atoms with Crippen LogP contribution < -0.4 is 0 Å². The van der Waals surface area contributed by atoms with E-state index in [-0.39, 0.29) is 0 Å². The van der Waals surface area contributed by atoms with Crippen molar-refractivity contribution < 1.29 is 0 Å². The summed E-state index contributed by atoms with van der Waals surface area (Å²) in [5.74, 6) is 0. The Morgan fingerprint density at radius 2 is 0.938 bits per heavy atom. The molecule has 0 aromatic rings. The maximum absolute atomic E-state index is 4.17. The zero-order chi connectivity index (χ0) is 11.5. The molecule has 0 aliphatic carbocycles. The molecule has 2 aliphatic heterocycles. The van der Waals surface area contributed by atoms with Crippen LogP contribution in [0.25, 0.3) is 0 Å². The molecule has 98 valence electrons. The van der Waals surface area contributed by atoms with Gasteiger partial charge in [-0.25, -0.2) is 0 Å². The summed E-state index contributed by atoms with van der Waals surface area (Å²) in [5.41, 5.74) is 0. The Bertz CT molecular complexity index is 197. The first-order chi connectivity index (χ1) is 7.62. The second-order valence-electron chi connectivity index (χ2n) is 5.23.